The first-order valence-corrected chi connectivity index (χ1v) is 8.95. The van der Waals surface area contributed by atoms with E-state index in [9.17, 15) is 4.79 Å². The van der Waals surface area contributed by atoms with Crippen molar-refractivity contribution in [3.8, 4) is 0 Å². The lowest BCUT2D eigenvalue weighted by Gasteiger charge is -2.39. The minimum Gasteiger partial charge on any atom is -0.379 e. The Morgan fingerprint density at radius 3 is 2.71 bits per heavy atom. The lowest BCUT2D eigenvalue weighted by atomic mass is 10.0. The lowest BCUT2D eigenvalue weighted by Crippen LogP contribution is -2.51. The average molecular weight is 333 g/mol. The number of rotatable bonds is 5. The van der Waals surface area contributed by atoms with E-state index in [0.717, 1.165) is 58.8 Å². The fraction of sp³-hybridized carbons (Fsp3) is 0.706. The molecule has 0 bridgehead atoms. The van der Waals surface area contributed by atoms with E-state index >= 15 is 0 Å². The third-order valence-electron chi connectivity index (χ3n) is 4.69. The number of hydrogen-bond donors (Lipinski definition) is 1. The SMILES string of the molecule is CCNc1ncc(C(=O)N2CCCC[C@H]2CN2CCOCC2)cn1. The van der Waals surface area contributed by atoms with Crippen LogP contribution in [0, 0.1) is 0 Å². The Hall–Kier alpha value is -1.73. The summed E-state index contributed by atoms with van der Waals surface area (Å²) in [6.45, 7) is 8.01. The van der Waals surface area contributed by atoms with Crippen molar-refractivity contribution in [3.05, 3.63) is 18.0 Å². The van der Waals surface area contributed by atoms with E-state index in [0.29, 0.717) is 11.5 Å². The van der Waals surface area contributed by atoms with Crippen LogP contribution in [-0.2, 0) is 4.74 Å². The van der Waals surface area contributed by atoms with Gasteiger partial charge in [0.15, 0.2) is 0 Å². The van der Waals surface area contributed by atoms with Crippen molar-refractivity contribution >= 4 is 11.9 Å². The van der Waals surface area contributed by atoms with Crippen LogP contribution in [0.1, 0.15) is 36.5 Å². The molecule has 2 aliphatic heterocycles. The summed E-state index contributed by atoms with van der Waals surface area (Å²) in [5.74, 6) is 0.619. The van der Waals surface area contributed by atoms with Crippen LogP contribution in [0.4, 0.5) is 5.95 Å². The van der Waals surface area contributed by atoms with Crippen LogP contribution < -0.4 is 5.32 Å². The van der Waals surface area contributed by atoms with Gasteiger partial charge in [-0.25, -0.2) is 9.97 Å². The molecule has 24 heavy (non-hydrogen) atoms. The van der Waals surface area contributed by atoms with E-state index < -0.39 is 0 Å². The molecule has 3 rings (SSSR count). The number of piperidine rings is 1. The molecule has 1 aromatic heterocycles. The Morgan fingerprint density at radius 1 is 1.25 bits per heavy atom. The first kappa shape index (κ1) is 17.1. The number of aromatic nitrogens is 2. The molecule has 0 aromatic carbocycles. The minimum absolute atomic E-state index is 0.0519. The molecule has 1 aromatic rings. The first-order valence-electron chi connectivity index (χ1n) is 8.95. The maximum absolute atomic E-state index is 12.9. The van der Waals surface area contributed by atoms with Crippen LogP contribution in [0.2, 0.25) is 0 Å². The van der Waals surface area contributed by atoms with Gasteiger partial charge in [-0.15, -0.1) is 0 Å². The van der Waals surface area contributed by atoms with Crippen LogP contribution in [0.15, 0.2) is 12.4 Å². The molecule has 3 heterocycles. The zero-order valence-corrected chi connectivity index (χ0v) is 14.4. The van der Waals surface area contributed by atoms with Crippen molar-refractivity contribution in [3.63, 3.8) is 0 Å². The van der Waals surface area contributed by atoms with Gasteiger partial charge in [-0.3, -0.25) is 9.69 Å². The Kier molecular flexibility index (Phi) is 5.98. The number of carbonyl (C=O) groups is 1. The molecule has 0 spiro atoms. The largest absolute Gasteiger partial charge is 0.379 e. The van der Waals surface area contributed by atoms with Crippen LogP contribution in [0.5, 0.6) is 0 Å². The second-order valence-electron chi connectivity index (χ2n) is 6.39. The maximum Gasteiger partial charge on any atom is 0.257 e. The van der Waals surface area contributed by atoms with Crippen molar-refractivity contribution < 1.29 is 9.53 Å². The summed E-state index contributed by atoms with van der Waals surface area (Å²) < 4.78 is 5.42. The van der Waals surface area contributed by atoms with E-state index in [1.54, 1.807) is 12.4 Å². The van der Waals surface area contributed by atoms with Gasteiger partial charge in [0.1, 0.15) is 0 Å². The molecule has 7 heteroatoms. The van der Waals surface area contributed by atoms with Crippen molar-refractivity contribution in [2.24, 2.45) is 0 Å². The molecule has 1 amide bonds. The van der Waals surface area contributed by atoms with Gasteiger partial charge < -0.3 is 15.0 Å². The Balaban J connectivity index is 1.65. The van der Waals surface area contributed by atoms with Gasteiger partial charge in [-0.05, 0) is 26.2 Å². The topological polar surface area (TPSA) is 70.6 Å². The van der Waals surface area contributed by atoms with Crippen LogP contribution in [-0.4, -0.2) is 77.7 Å². The molecule has 7 nitrogen and oxygen atoms in total. The number of anilines is 1. The number of morpholine rings is 1. The summed E-state index contributed by atoms with van der Waals surface area (Å²) in [6, 6.07) is 0.276. The Labute approximate surface area is 143 Å². The molecule has 0 aliphatic carbocycles. The van der Waals surface area contributed by atoms with E-state index in [4.69, 9.17) is 4.74 Å². The number of nitrogens with zero attached hydrogens (tertiary/aromatic N) is 4. The molecule has 132 valence electrons. The summed E-state index contributed by atoms with van der Waals surface area (Å²) in [6.07, 6.45) is 6.59. The van der Waals surface area contributed by atoms with E-state index in [2.05, 4.69) is 20.2 Å². The average Bonchev–Trinajstić information content (AvgIpc) is 2.63. The van der Waals surface area contributed by atoms with Crippen molar-refractivity contribution in [2.45, 2.75) is 32.2 Å². The fourth-order valence-corrected chi connectivity index (χ4v) is 3.39. The highest BCUT2D eigenvalue weighted by Gasteiger charge is 2.29. The third-order valence-corrected chi connectivity index (χ3v) is 4.69. The van der Waals surface area contributed by atoms with Gasteiger partial charge in [0, 0.05) is 51.2 Å². The molecular weight excluding hydrogens is 306 g/mol. The zero-order valence-electron chi connectivity index (χ0n) is 14.4. The number of ether oxygens (including phenoxy) is 1. The van der Waals surface area contributed by atoms with Crippen LogP contribution in [0.3, 0.4) is 0 Å². The molecular formula is C17H27N5O2. The summed E-state index contributed by atoms with van der Waals surface area (Å²) in [5.41, 5.74) is 0.575. The number of amides is 1. The standard InChI is InChI=1S/C17H27N5O2/c1-2-18-17-19-11-14(12-20-17)16(23)22-6-4-3-5-15(22)13-21-7-9-24-10-8-21/h11-12,15H,2-10,13H2,1H3,(H,18,19,20)/t15-/m0/s1. The highest BCUT2D eigenvalue weighted by molar-refractivity contribution is 5.94. The minimum atomic E-state index is 0.0519. The summed E-state index contributed by atoms with van der Waals surface area (Å²) in [4.78, 5) is 25.8. The normalized spacial score (nSPS) is 22.4. The lowest BCUT2D eigenvalue weighted by molar-refractivity contribution is 0.0166. The maximum atomic E-state index is 12.9. The highest BCUT2D eigenvalue weighted by atomic mass is 16.5. The molecule has 2 saturated heterocycles. The predicted molar refractivity (Wildman–Crippen MR) is 92.1 cm³/mol. The van der Waals surface area contributed by atoms with Crippen molar-refractivity contribution in [1.82, 2.24) is 19.8 Å². The quantitative estimate of drug-likeness (QED) is 0.874. The fourth-order valence-electron chi connectivity index (χ4n) is 3.39. The molecule has 1 N–H and O–H groups in total. The second-order valence-corrected chi connectivity index (χ2v) is 6.39. The van der Waals surface area contributed by atoms with Gasteiger partial charge in [0.05, 0.1) is 18.8 Å². The number of nitrogens with one attached hydrogen (secondary N) is 1. The smallest absolute Gasteiger partial charge is 0.257 e. The van der Waals surface area contributed by atoms with E-state index in [1.807, 2.05) is 11.8 Å². The molecule has 2 aliphatic rings. The number of carbonyl (C=O) groups excluding carboxylic acids is 1. The molecule has 1 atom stereocenters. The van der Waals surface area contributed by atoms with Gasteiger partial charge in [-0.1, -0.05) is 0 Å². The summed E-state index contributed by atoms with van der Waals surface area (Å²) in [7, 11) is 0. The van der Waals surface area contributed by atoms with Crippen LogP contribution in [0.25, 0.3) is 0 Å². The first-order chi connectivity index (χ1) is 11.8. The molecule has 0 unspecified atom stereocenters. The molecule has 0 saturated carbocycles. The molecule has 2 fully saturated rings. The van der Waals surface area contributed by atoms with Crippen molar-refractivity contribution in [2.75, 3.05) is 51.3 Å². The van der Waals surface area contributed by atoms with E-state index in [1.165, 1.54) is 6.42 Å². The summed E-state index contributed by atoms with van der Waals surface area (Å²) >= 11 is 0. The summed E-state index contributed by atoms with van der Waals surface area (Å²) in [5, 5.41) is 3.05. The Morgan fingerprint density at radius 2 is 2.00 bits per heavy atom. The number of likely N-dealkylation sites (tertiary alicyclic amines) is 1. The zero-order chi connectivity index (χ0) is 16.8. The molecule has 0 radical (unpaired) electrons. The number of hydrogen-bond acceptors (Lipinski definition) is 6. The highest BCUT2D eigenvalue weighted by Crippen LogP contribution is 2.21. The van der Waals surface area contributed by atoms with Gasteiger partial charge >= 0.3 is 0 Å². The third kappa shape index (κ3) is 4.21. The monoisotopic (exact) mass is 333 g/mol. The van der Waals surface area contributed by atoms with Crippen LogP contribution >= 0.6 is 0 Å². The van der Waals surface area contributed by atoms with Gasteiger partial charge in [0.2, 0.25) is 5.95 Å². The van der Waals surface area contributed by atoms with Crippen molar-refractivity contribution in [1.29, 1.82) is 0 Å². The van der Waals surface area contributed by atoms with E-state index in [-0.39, 0.29) is 11.9 Å². The Bertz CT molecular complexity index is 530. The van der Waals surface area contributed by atoms with Gasteiger partial charge in [0.25, 0.3) is 5.91 Å². The second kappa shape index (κ2) is 8.39. The predicted octanol–water partition coefficient (Wildman–Crippen LogP) is 1.24. The van der Waals surface area contributed by atoms with Gasteiger partial charge in [-0.2, -0.15) is 0 Å².